The van der Waals surface area contributed by atoms with E-state index in [4.69, 9.17) is 4.74 Å². The third-order valence-corrected chi connectivity index (χ3v) is 6.90. The van der Waals surface area contributed by atoms with Crippen LogP contribution in [0.1, 0.15) is 54.4 Å². The number of ketones is 1. The number of nitrogens with one attached hydrogen (secondary N) is 1. The van der Waals surface area contributed by atoms with Crippen molar-refractivity contribution in [3.05, 3.63) is 59.7 Å². The highest BCUT2D eigenvalue weighted by atomic mass is 19.1. The Morgan fingerprint density at radius 2 is 2.18 bits per heavy atom. The highest BCUT2D eigenvalue weighted by Gasteiger charge is 2.39. The van der Waals surface area contributed by atoms with Crippen LogP contribution in [0.5, 0.6) is 5.75 Å². The molecule has 1 N–H and O–H groups in total. The number of rotatable bonds is 8. The van der Waals surface area contributed by atoms with Crippen molar-refractivity contribution >= 4 is 17.6 Å². The Morgan fingerprint density at radius 3 is 2.88 bits per heavy atom. The Hall–Kier alpha value is -3.29. The molecule has 2 aliphatic rings. The minimum absolute atomic E-state index is 0.0131. The van der Waals surface area contributed by atoms with Crippen LogP contribution in [0, 0.1) is 11.7 Å². The zero-order valence-electron chi connectivity index (χ0n) is 19.4. The number of carbonyl (C=O) groups excluding carboxylic acids is 3. The molecule has 7 nitrogen and oxygen atoms in total. The maximum Gasteiger partial charge on any atom is 0.222 e. The smallest absolute Gasteiger partial charge is 0.222 e. The van der Waals surface area contributed by atoms with E-state index in [1.165, 1.54) is 13.2 Å². The molecule has 0 saturated carbocycles. The van der Waals surface area contributed by atoms with Gasteiger partial charge in [-0.2, -0.15) is 0 Å². The zero-order chi connectivity index (χ0) is 24.1. The third-order valence-electron chi connectivity index (χ3n) is 6.90. The van der Waals surface area contributed by atoms with Crippen molar-refractivity contribution in [3.63, 3.8) is 0 Å². The van der Waals surface area contributed by atoms with Crippen molar-refractivity contribution in [1.29, 1.82) is 0 Å². The fourth-order valence-electron chi connectivity index (χ4n) is 5.05. The van der Waals surface area contributed by atoms with Gasteiger partial charge >= 0.3 is 0 Å². The quantitative estimate of drug-likeness (QED) is 0.602. The fraction of sp³-hybridized carbons (Fsp3) is 0.462. The molecular formula is C26H30FN3O4. The average Bonchev–Trinajstić information content (AvgIpc) is 3.24. The Morgan fingerprint density at radius 1 is 1.32 bits per heavy atom. The number of aromatic nitrogens is 1. The molecular weight excluding hydrogens is 437 g/mol. The van der Waals surface area contributed by atoms with Gasteiger partial charge in [0.15, 0.2) is 17.3 Å². The molecule has 180 valence electrons. The van der Waals surface area contributed by atoms with Gasteiger partial charge in [0.1, 0.15) is 0 Å². The number of benzene rings is 1. The van der Waals surface area contributed by atoms with Crippen molar-refractivity contribution < 1.29 is 23.5 Å². The molecule has 2 unspecified atom stereocenters. The van der Waals surface area contributed by atoms with E-state index in [9.17, 15) is 18.8 Å². The van der Waals surface area contributed by atoms with E-state index in [1.807, 2.05) is 0 Å². The van der Waals surface area contributed by atoms with Crippen LogP contribution >= 0.6 is 0 Å². The highest BCUT2D eigenvalue weighted by molar-refractivity contribution is 5.98. The molecule has 1 aromatic heterocycles. The average molecular weight is 468 g/mol. The van der Waals surface area contributed by atoms with Crippen LogP contribution in [-0.4, -0.2) is 53.2 Å². The maximum atomic E-state index is 13.8. The predicted molar refractivity (Wildman–Crippen MR) is 124 cm³/mol. The lowest BCUT2D eigenvalue weighted by Gasteiger charge is -2.34. The van der Waals surface area contributed by atoms with E-state index in [-0.39, 0.29) is 35.7 Å². The van der Waals surface area contributed by atoms with Crippen molar-refractivity contribution in [2.24, 2.45) is 5.92 Å². The normalized spacial score (nSPS) is 22.4. The Balaban J connectivity index is 1.40. The minimum Gasteiger partial charge on any atom is -0.494 e. The van der Waals surface area contributed by atoms with Crippen LogP contribution in [0.2, 0.25) is 0 Å². The van der Waals surface area contributed by atoms with Crippen LogP contribution in [0.4, 0.5) is 4.39 Å². The number of piperidine rings is 1. The first-order valence-electron chi connectivity index (χ1n) is 11.7. The zero-order valence-corrected chi connectivity index (χ0v) is 19.4. The molecule has 3 heterocycles. The van der Waals surface area contributed by atoms with Crippen molar-refractivity contribution in [1.82, 2.24) is 15.2 Å². The number of hydrogen-bond acceptors (Lipinski definition) is 5. The summed E-state index contributed by atoms with van der Waals surface area (Å²) in [4.78, 5) is 43.8. The number of ether oxygens (including phenoxy) is 1. The summed E-state index contributed by atoms with van der Waals surface area (Å²) < 4.78 is 18.9. The fourth-order valence-corrected chi connectivity index (χ4v) is 5.05. The van der Waals surface area contributed by atoms with E-state index in [2.05, 4.69) is 10.3 Å². The second-order valence-corrected chi connectivity index (χ2v) is 9.26. The summed E-state index contributed by atoms with van der Waals surface area (Å²) in [6.07, 6.45) is 6.99. The number of pyridine rings is 1. The van der Waals surface area contributed by atoms with Crippen LogP contribution in [0.25, 0.3) is 0 Å². The molecule has 2 aliphatic heterocycles. The number of likely N-dealkylation sites (tertiary alicyclic amines) is 1. The summed E-state index contributed by atoms with van der Waals surface area (Å²) in [6, 6.07) is 8.18. The van der Waals surface area contributed by atoms with Crippen molar-refractivity contribution in [2.45, 2.75) is 50.5 Å². The number of nitrogens with zero attached hydrogens (tertiary/aromatic N) is 2. The van der Waals surface area contributed by atoms with Crippen LogP contribution in [-0.2, 0) is 16.0 Å². The topological polar surface area (TPSA) is 88.6 Å². The Bertz CT molecular complexity index is 1060. The monoisotopic (exact) mass is 467 g/mol. The molecule has 1 aromatic carbocycles. The van der Waals surface area contributed by atoms with Gasteiger partial charge in [-0.3, -0.25) is 19.4 Å². The predicted octanol–water partition coefficient (Wildman–Crippen LogP) is 3.32. The molecule has 4 rings (SSSR count). The largest absolute Gasteiger partial charge is 0.494 e. The standard InChI is InChI=1S/C26H30FN3O4/c1-34-22-14-18(6-7-21(22)27)15-26(10-8-23(31)29-26)11-9-24(32)30-13-3-5-20(17-30)25(33)19-4-2-12-28-16-19/h2,4,6-7,12,14,16,20H,3,5,8-11,13,15,17H2,1H3,(H,29,31). The van der Waals surface area contributed by atoms with Gasteiger partial charge in [0.05, 0.1) is 7.11 Å². The molecule has 0 spiro atoms. The molecule has 0 radical (unpaired) electrons. The second kappa shape index (κ2) is 10.3. The summed E-state index contributed by atoms with van der Waals surface area (Å²) >= 11 is 0. The van der Waals surface area contributed by atoms with Crippen LogP contribution in [0.15, 0.2) is 42.7 Å². The lowest BCUT2D eigenvalue weighted by Crippen LogP contribution is -2.46. The molecule has 2 atom stereocenters. The summed E-state index contributed by atoms with van der Waals surface area (Å²) in [5.74, 6) is -0.538. The minimum atomic E-state index is -0.559. The first-order chi connectivity index (χ1) is 16.4. The SMILES string of the molecule is COc1cc(CC2(CCC(=O)N3CCCC(C(=O)c4cccnc4)C3)CCC(=O)N2)ccc1F. The summed E-state index contributed by atoms with van der Waals surface area (Å²) in [6.45, 7) is 1.03. The third kappa shape index (κ3) is 5.43. The number of Topliss-reactive ketones (excluding diaryl/α,β-unsaturated/α-hetero) is 1. The van der Waals surface area contributed by atoms with E-state index in [0.29, 0.717) is 44.3 Å². The van der Waals surface area contributed by atoms with Gasteiger partial charge in [-0.25, -0.2) is 4.39 Å². The lowest BCUT2D eigenvalue weighted by atomic mass is 9.84. The van der Waals surface area contributed by atoms with Gasteiger partial charge in [-0.15, -0.1) is 0 Å². The molecule has 8 heteroatoms. The summed E-state index contributed by atoms with van der Waals surface area (Å²) in [7, 11) is 1.42. The van der Waals surface area contributed by atoms with Gasteiger partial charge < -0.3 is 15.0 Å². The van der Waals surface area contributed by atoms with Gasteiger partial charge in [0.2, 0.25) is 11.8 Å². The summed E-state index contributed by atoms with van der Waals surface area (Å²) in [5, 5.41) is 3.07. The highest BCUT2D eigenvalue weighted by Crippen LogP contribution is 2.32. The molecule has 2 fully saturated rings. The first kappa shape index (κ1) is 23.9. The lowest BCUT2D eigenvalue weighted by molar-refractivity contribution is -0.133. The molecule has 2 aromatic rings. The molecule has 0 aliphatic carbocycles. The van der Waals surface area contributed by atoms with Gasteiger partial charge in [0, 0.05) is 55.3 Å². The number of carbonyl (C=O) groups is 3. The number of hydrogen-bond donors (Lipinski definition) is 1. The van der Waals surface area contributed by atoms with Crippen molar-refractivity contribution in [2.75, 3.05) is 20.2 Å². The van der Waals surface area contributed by atoms with E-state index < -0.39 is 11.4 Å². The molecule has 0 bridgehead atoms. The number of halogens is 1. The Kier molecular flexibility index (Phi) is 7.24. The second-order valence-electron chi connectivity index (χ2n) is 9.26. The van der Waals surface area contributed by atoms with Crippen molar-refractivity contribution in [3.8, 4) is 5.75 Å². The number of amides is 2. The summed E-state index contributed by atoms with van der Waals surface area (Å²) in [5.41, 5.74) is 0.855. The van der Waals surface area contributed by atoms with E-state index in [1.54, 1.807) is 41.6 Å². The number of methoxy groups -OCH3 is 1. The van der Waals surface area contributed by atoms with Crippen LogP contribution < -0.4 is 10.1 Å². The molecule has 34 heavy (non-hydrogen) atoms. The molecule has 2 amide bonds. The van der Waals surface area contributed by atoms with Gasteiger partial charge in [-0.1, -0.05) is 6.07 Å². The molecule has 2 saturated heterocycles. The van der Waals surface area contributed by atoms with E-state index in [0.717, 1.165) is 18.4 Å². The van der Waals surface area contributed by atoms with Crippen LogP contribution in [0.3, 0.4) is 0 Å². The first-order valence-corrected chi connectivity index (χ1v) is 11.7. The van der Waals surface area contributed by atoms with Gasteiger partial charge in [-0.05, 0) is 61.9 Å². The van der Waals surface area contributed by atoms with E-state index >= 15 is 0 Å². The Labute approximate surface area is 198 Å². The van der Waals surface area contributed by atoms with Gasteiger partial charge in [0.25, 0.3) is 0 Å². The maximum absolute atomic E-state index is 13.8.